The van der Waals surface area contributed by atoms with E-state index < -0.39 is 0 Å². The molecule has 3 aromatic carbocycles. The molecule has 2 aromatic heterocycles. The number of nitrogens with zero attached hydrogens (tertiary/aromatic N) is 4. The molecule has 0 bridgehead atoms. The number of aryl methyl sites for hydroxylation is 2. The first-order valence-corrected chi connectivity index (χ1v) is 16.2. The second-order valence-corrected chi connectivity index (χ2v) is 13.3. The second-order valence-electron chi connectivity index (χ2n) is 8.44. The topological polar surface area (TPSA) is 35.6 Å². The molecular formula is C28H30N4Se2. The minimum atomic E-state index is 0.582. The van der Waals surface area contributed by atoms with Crippen LogP contribution in [-0.4, -0.2) is 49.0 Å². The van der Waals surface area contributed by atoms with Gasteiger partial charge in [-0.3, -0.25) is 0 Å². The van der Waals surface area contributed by atoms with E-state index >= 15 is 0 Å². The van der Waals surface area contributed by atoms with Crippen LogP contribution in [0, 0.1) is 0 Å². The SMILES string of the molecule is c1ccc([Se]CCCCn2cnc3cc4ncn(CCCC[Se]c5ccccc5)c4cc32)cc1. The molecular weight excluding hydrogens is 550 g/mol. The molecule has 0 amide bonds. The maximum absolute atomic E-state index is 4.66. The number of aromatic nitrogens is 4. The van der Waals surface area contributed by atoms with E-state index in [1.54, 1.807) is 0 Å². The quantitative estimate of drug-likeness (QED) is 0.157. The summed E-state index contributed by atoms with van der Waals surface area (Å²) in [6.45, 7) is 2.06. The summed E-state index contributed by atoms with van der Waals surface area (Å²) < 4.78 is 7.65. The fourth-order valence-corrected chi connectivity index (χ4v) is 8.07. The molecule has 0 fully saturated rings. The molecule has 0 aliphatic rings. The van der Waals surface area contributed by atoms with Crippen molar-refractivity contribution in [1.82, 2.24) is 19.1 Å². The zero-order valence-electron chi connectivity index (χ0n) is 19.3. The Morgan fingerprint density at radius 1 is 0.559 bits per heavy atom. The Morgan fingerprint density at radius 3 is 1.50 bits per heavy atom. The van der Waals surface area contributed by atoms with Crippen LogP contribution in [0.3, 0.4) is 0 Å². The number of rotatable bonds is 12. The van der Waals surface area contributed by atoms with Gasteiger partial charge >= 0.3 is 215 Å². The van der Waals surface area contributed by atoms with Crippen molar-refractivity contribution in [3.8, 4) is 0 Å². The van der Waals surface area contributed by atoms with Gasteiger partial charge in [0.25, 0.3) is 0 Å². The van der Waals surface area contributed by atoms with Gasteiger partial charge in [-0.25, -0.2) is 0 Å². The van der Waals surface area contributed by atoms with E-state index in [1.807, 2.05) is 12.7 Å². The van der Waals surface area contributed by atoms with Crippen LogP contribution in [0.4, 0.5) is 0 Å². The average Bonchev–Trinajstić information content (AvgIpc) is 3.47. The van der Waals surface area contributed by atoms with Gasteiger partial charge in [0.15, 0.2) is 0 Å². The van der Waals surface area contributed by atoms with Crippen LogP contribution in [0.5, 0.6) is 0 Å². The van der Waals surface area contributed by atoms with Gasteiger partial charge in [0.2, 0.25) is 0 Å². The molecule has 34 heavy (non-hydrogen) atoms. The van der Waals surface area contributed by atoms with Crippen LogP contribution >= 0.6 is 0 Å². The summed E-state index contributed by atoms with van der Waals surface area (Å²) in [5, 5.41) is 2.60. The molecule has 0 saturated carbocycles. The molecule has 0 N–H and O–H groups in total. The summed E-state index contributed by atoms with van der Waals surface area (Å²) in [7, 11) is 0. The molecule has 0 saturated heterocycles. The van der Waals surface area contributed by atoms with Crippen molar-refractivity contribution in [1.29, 1.82) is 0 Å². The van der Waals surface area contributed by atoms with Crippen molar-refractivity contribution in [3.63, 3.8) is 0 Å². The minimum absolute atomic E-state index is 0.582. The molecule has 2 heterocycles. The normalized spacial score (nSPS) is 11.5. The number of imidazole rings is 2. The first kappa shape index (κ1) is 23.4. The zero-order chi connectivity index (χ0) is 23.0. The first-order valence-electron chi connectivity index (χ1n) is 12.0. The second kappa shape index (κ2) is 11.9. The summed E-state index contributed by atoms with van der Waals surface area (Å²) in [4.78, 5) is 9.32. The van der Waals surface area contributed by atoms with Gasteiger partial charge in [-0.05, 0) is 0 Å². The molecule has 4 nitrogen and oxygen atoms in total. The third kappa shape index (κ3) is 6.00. The molecule has 0 unspecified atom stereocenters. The van der Waals surface area contributed by atoms with Gasteiger partial charge in [0.1, 0.15) is 0 Å². The first-order chi connectivity index (χ1) is 16.9. The van der Waals surface area contributed by atoms with Crippen LogP contribution in [0.25, 0.3) is 22.1 Å². The van der Waals surface area contributed by atoms with Crippen LogP contribution in [0.2, 0.25) is 10.6 Å². The predicted octanol–water partition coefficient (Wildman–Crippen LogP) is 4.84. The number of benzene rings is 3. The Balaban J connectivity index is 1.15. The van der Waals surface area contributed by atoms with Crippen LogP contribution in [0.15, 0.2) is 85.5 Å². The number of unbranched alkanes of at least 4 members (excludes halogenated alkanes) is 2. The molecule has 5 aromatic rings. The van der Waals surface area contributed by atoms with Gasteiger partial charge < -0.3 is 0 Å². The fraction of sp³-hybridized carbons (Fsp3) is 0.286. The molecule has 0 spiro atoms. The molecule has 0 radical (unpaired) electrons. The zero-order valence-corrected chi connectivity index (χ0v) is 22.8. The van der Waals surface area contributed by atoms with Crippen molar-refractivity contribution >= 4 is 60.9 Å². The van der Waals surface area contributed by atoms with Gasteiger partial charge in [-0.2, -0.15) is 0 Å². The van der Waals surface area contributed by atoms with Crippen molar-refractivity contribution in [2.24, 2.45) is 0 Å². The van der Waals surface area contributed by atoms with E-state index in [9.17, 15) is 0 Å². The summed E-state index contributed by atoms with van der Waals surface area (Å²) in [5.41, 5.74) is 4.57. The van der Waals surface area contributed by atoms with E-state index in [1.165, 1.54) is 56.3 Å². The van der Waals surface area contributed by atoms with E-state index in [4.69, 9.17) is 0 Å². The van der Waals surface area contributed by atoms with Gasteiger partial charge in [-0.15, -0.1) is 0 Å². The van der Waals surface area contributed by atoms with Gasteiger partial charge in [-0.1, -0.05) is 0 Å². The molecule has 6 heteroatoms. The molecule has 174 valence electrons. The Labute approximate surface area is 214 Å². The molecule has 0 aliphatic heterocycles. The van der Waals surface area contributed by atoms with E-state index in [-0.39, 0.29) is 0 Å². The standard InChI is InChI=1S/C28H30N4Se2/c1-3-11-23(12-4-1)33-17-9-7-15-31-21-29-25-19-26-28(20-27(25)31)32(22-30-26)16-8-10-18-34-24-13-5-2-6-14-24/h1-6,11-14,19-22H,7-10,15-18H2. The van der Waals surface area contributed by atoms with Crippen LogP contribution < -0.4 is 8.92 Å². The number of hydrogen-bond donors (Lipinski definition) is 0. The Kier molecular flexibility index (Phi) is 8.16. The van der Waals surface area contributed by atoms with E-state index in [0.717, 1.165) is 24.1 Å². The summed E-state index contributed by atoms with van der Waals surface area (Å²) in [6, 6.07) is 26.2. The average molecular weight is 580 g/mol. The summed E-state index contributed by atoms with van der Waals surface area (Å²) >= 11 is 1.16. The third-order valence-corrected chi connectivity index (χ3v) is 10.6. The van der Waals surface area contributed by atoms with E-state index in [0.29, 0.717) is 29.9 Å². The van der Waals surface area contributed by atoms with Crippen molar-refractivity contribution in [3.05, 3.63) is 85.5 Å². The molecule has 0 atom stereocenters. The Bertz CT molecular complexity index is 1210. The van der Waals surface area contributed by atoms with Crippen LogP contribution in [0.1, 0.15) is 25.7 Å². The predicted molar refractivity (Wildman–Crippen MR) is 145 cm³/mol. The Morgan fingerprint density at radius 2 is 1.03 bits per heavy atom. The van der Waals surface area contributed by atoms with Crippen molar-refractivity contribution < 1.29 is 0 Å². The molecule has 0 aliphatic carbocycles. The van der Waals surface area contributed by atoms with Gasteiger partial charge in [0.05, 0.1) is 0 Å². The van der Waals surface area contributed by atoms with Gasteiger partial charge in [0, 0.05) is 0 Å². The monoisotopic (exact) mass is 582 g/mol. The van der Waals surface area contributed by atoms with Crippen molar-refractivity contribution in [2.45, 2.75) is 49.4 Å². The summed E-state index contributed by atoms with van der Waals surface area (Å²) in [5.74, 6) is 0. The Hall–Kier alpha value is -2.36. The maximum atomic E-state index is 4.66. The fourth-order valence-electron chi connectivity index (χ4n) is 4.15. The van der Waals surface area contributed by atoms with Crippen LogP contribution in [-0.2, 0) is 13.1 Å². The number of fused-ring (bicyclic) bond motifs is 2. The summed E-state index contributed by atoms with van der Waals surface area (Å²) in [6.07, 6.45) is 8.92. The van der Waals surface area contributed by atoms with Crippen molar-refractivity contribution in [2.75, 3.05) is 0 Å². The third-order valence-electron chi connectivity index (χ3n) is 5.97. The molecule has 5 rings (SSSR count). The number of hydrogen-bond acceptors (Lipinski definition) is 2. The van der Waals surface area contributed by atoms with E-state index in [2.05, 4.69) is 91.9 Å².